The number of unbranched alkanes of at least 4 members (excludes halogenated alkanes) is 18. The molecule has 0 rings (SSSR count). The lowest BCUT2D eigenvalue weighted by atomic mass is 10.0. The molecule has 274 valence electrons. The average Bonchev–Trinajstić information content (AvgIpc) is 3.03. The van der Waals surface area contributed by atoms with Crippen molar-refractivity contribution in [2.45, 2.75) is 180 Å². The molecule has 0 saturated carbocycles. The maximum Gasteiger partial charge on any atom is 0.469 e. The highest BCUT2D eigenvalue weighted by Crippen LogP contribution is 2.36. The summed E-state index contributed by atoms with van der Waals surface area (Å²) in [5.41, 5.74) is 0. The van der Waals surface area contributed by atoms with Crippen molar-refractivity contribution in [2.24, 2.45) is 0 Å². The number of phosphoric ester groups is 1. The molecule has 0 amide bonds. The molecule has 2 N–H and O–H groups in total. The molecular formula is C38H69O8P. The van der Waals surface area contributed by atoms with E-state index in [9.17, 15) is 14.2 Å². The van der Waals surface area contributed by atoms with Crippen LogP contribution in [0.4, 0.5) is 0 Å². The van der Waals surface area contributed by atoms with E-state index in [1.165, 1.54) is 64.2 Å². The van der Waals surface area contributed by atoms with Crippen molar-refractivity contribution in [3.8, 4) is 0 Å². The second kappa shape index (κ2) is 34.1. The zero-order valence-corrected chi connectivity index (χ0v) is 30.8. The number of hydrogen-bond acceptors (Lipinski definition) is 6. The van der Waals surface area contributed by atoms with E-state index in [-0.39, 0.29) is 19.4 Å². The molecule has 0 aliphatic rings. The summed E-state index contributed by atoms with van der Waals surface area (Å²) < 4.78 is 26.3. The maximum absolute atomic E-state index is 12.3. The van der Waals surface area contributed by atoms with Crippen LogP contribution < -0.4 is 0 Å². The van der Waals surface area contributed by atoms with Crippen molar-refractivity contribution in [3.05, 3.63) is 36.5 Å². The largest absolute Gasteiger partial charge is 0.469 e. The lowest BCUT2D eigenvalue weighted by Crippen LogP contribution is -2.29. The lowest BCUT2D eigenvalue weighted by molar-refractivity contribution is -0.161. The molecule has 9 heteroatoms. The normalized spacial score (nSPS) is 12.9. The summed E-state index contributed by atoms with van der Waals surface area (Å²) in [4.78, 5) is 42.7. The number of hydrogen-bond donors (Lipinski definition) is 2. The number of rotatable bonds is 34. The highest BCUT2D eigenvalue weighted by molar-refractivity contribution is 7.46. The van der Waals surface area contributed by atoms with Crippen molar-refractivity contribution in [1.29, 1.82) is 0 Å². The molecule has 0 aliphatic heterocycles. The summed E-state index contributed by atoms with van der Waals surface area (Å²) in [6.45, 7) is 3.55. The highest BCUT2D eigenvalue weighted by atomic mass is 31.2. The van der Waals surface area contributed by atoms with Gasteiger partial charge < -0.3 is 19.3 Å². The molecule has 0 aliphatic carbocycles. The topological polar surface area (TPSA) is 119 Å². The summed E-state index contributed by atoms with van der Waals surface area (Å²) in [6, 6.07) is 0. The molecule has 0 spiro atoms. The predicted octanol–water partition coefficient (Wildman–Crippen LogP) is 11.0. The summed E-state index contributed by atoms with van der Waals surface area (Å²) in [7, 11) is -4.75. The van der Waals surface area contributed by atoms with E-state index in [0.717, 1.165) is 70.6 Å². The van der Waals surface area contributed by atoms with Gasteiger partial charge in [0.1, 0.15) is 6.61 Å². The van der Waals surface area contributed by atoms with Gasteiger partial charge in [-0.3, -0.25) is 14.1 Å². The van der Waals surface area contributed by atoms with Crippen LogP contribution in [0, 0.1) is 0 Å². The van der Waals surface area contributed by atoms with Gasteiger partial charge in [0, 0.05) is 12.8 Å². The molecule has 1 atom stereocenters. The highest BCUT2D eigenvalue weighted by Gasteiger charge is 2.22. The molecule has 0 fully saturated rings. The van der Waals surface area contributed by atoms with Gasteiger partial charge in [0.05, 0.1) is 6.61 Å². The van der Waals surface area contributed by atoms with Crippen LogP contribution >= 0.6 is 7.82 Å². The fourth-order valence-electron chi connectivity index (χ4n) is 5.15. The van der Waals surface area contributed by atoms with Crippen LogP contribution in [0.1, 0.15) is 174 Å². The number of ether oxygens (including phenoxy) is 2. The van der Waals surface area contributed by atoms with Gasteiger partial charge >= 0.3 is 19.8 Å². The molecule has 0 aromatic heterocycles. The molecule has 0 unspecified atom stereocenters. The first-order valence-corrected chi connectivity index (χ1v) is 20.3. The summed E-state index contributed by atoms with van der Waals surface area (Å²) in [6.07, 6.45) is 38.6. The third-order valence-corrected chi connectivity index (χ3v) is 8.41. The smallest absolute Gasteiger partial charge is 0.462 e. The molecule has 0 saturated heterocycles. The Hall–Kier alpha value is -1.73. The van der Waals surface area contributed by atoms with Crippen LogP contribution in [0.25, 0.3) is 0 Å². The molecule has 0 bridgehead atoms. The molecular weight excluding hydrogens is 615 g/mol. The fourth-order valence-corrected chi connectivity index (χ4v) is 5.51. The Morgan fingerprint density at radius 3 is 1.53 bits per heavy atom. The summed E-state index contributed by atoms with van der Waals surface area (Å²) >= 11 is 0. The predicted molar refractivity (Wildman–Crippen MR) is 193 cm³/mol. The standard InChI is InChI=1S/C38H69O8P/c1-3-5-7-9-11-13-15-17-19-21-22-24-26-28-30-32-37(39)44-34-36(35-45-47(41,42)43)46-38(40)33-31-29-27-25-23-20-18-16-14-12-10-8-6-4-2/h5,7,11,13,17,19,36H,3-4,6,8-10,12,14-16,18,20-35H2,1-2H3,(H2,41,42,43)/b7-5+,13-11+,19-17+/t36-/m1/s1. The Bertz CT molecular complexity index is 864. The minimum absolute atomic E-state index is 0.210. The average molecular weight is 685 g/mol. The molecule has 0 radical (unpaired) electrons. The van der Waals surface area contributed by atoms with Crippen molar-refractivity contribution >= 4 is 19.8 Å². The SMILES string of the molecule is CC/C=C/C/C=C/C/C=C/CCCCCCCC(=O)OC[C@H](COP(=O)(O)O)OC(=O)CCCCCCCCCCCCCCCC. The first kappa shape index (κ1) is 45.3. The van der Waals surface area contributed by atoms with Crippen LogP contribution in [0.3, 0.4) is 0 Å². The third kappa shape index (κ3) is 36.9. The Labute approximate surface area is 287 Å². The van der Waals surface area contributed by atoms with Crippen LogP contribution in [0.2, 0.25) is 0 Å². The molecule has 0 aromatic carbocycles. The quantitative estimate of drug-likeness (QED) is 0.0297. The van der Waals surface area contributed by atoms with Gasteiger partial charge in [-0.25, -0.2) is 4.57 Å². The number of carbonyl (C=O) groups excluding carboxylic acids is 2. The number of phosphoric acid groups is 1. The second-order valence-electron chi connectivity index (χ2n) is 12.5. The van der Waals surface area contributed by atoms with Crippen LogP contribution in [-0.2, 0) is 28.2 Å². The molecule has 0 heterocycles. The van der Waals surface area contributed by atoms with Crippen molar-refractivity contribution in [1.82, 2.24) is 0 Å². The van der Waals surface area contributed by atoms with Crippen LogP contribution in [-0.4, -0.2) is 41.0 Å². The monoisotopic (exact) mass is 684 g/mol. The first-order valence-electron chi connectivity index (χ1n) is 18.8. The van der Waals surface area contributed by atoms with E-state index in [1.807, 2.05) is 0 Å². The van der Waals surface area contributed by atoms with E-state index in [0.29, 0.717) is 12.8 Å². The van der Waals surface area contributed by atoms with Gasteiger partial charge in [-0.1, -0.05) is 153 Å². The third-order valence-electron chi connectivity index (χ3n) is 7.92. The van der Waals surface area contributed by atoms with E-state index in [4.69, 9.17) is 19.3 Å². The molecule has 47 heavy (non-hydrogen) atoms. The molecule has 0 aromatic rings. The Morgan fingerprint density at radius 2 is 1.02 bits per heavy atom. The zero-order chi connectivity index (χ0) is 34.7. The van der Waals surface area contributed by atoms with E-state index < -0.39 is 32.5 Å². The van der Waals surface area contributed by atoms with Gasteiger partial charge in [-0.2, -0.15) is 0 Å². The Kier molecular flexibility index (Phi) is 32.9. The summed E-state index contributed by atoms with van der Waals surface area (Å²) in [5, 5.41) is 0. The van der Waals surface area contributed by atoms with E-state index in [1.54, 1.807) is 0 Å². The Balaban J connectivity index is 3.98. The van der Waals surface area contributed by atoms with E-state index >= 15 is 0 Å². The molecule has 8 nitrogen and oxygen atoms in total. The minimum atomic E-state index is -4.75. The summed E-state index contributed by atoms with van der Waals surface area (Å²) in [5.74, 6) is -0.902. The fraction of sp³-hybridized carbons (Fsp3) is 0.789. The number of esters is 2. The minimum Gasteiger partial charge on any atom is -0.462 e. The van der Waals surface area contributed by atoms with Crippen molar-refractivity contribution in [3.63, 3.8) is 0 Å². The van der Waals surface area contributed by atoms with Gasteiger partial charge in [-0.05, 0) is 44.9 Å². The number of carbonyl (C=O) groups is 2. The van der Waals surface area contributed by atoms with Crippen molar-refractivity contribution < 1.29 is 37.9 Å². The van der Waals surface area contributed by atoms with Crippen LogP contribution in [0.15, 0.2) is 36.5 Å². The van der Waals surface area contributed by atoms with Gasteiger partial charge in [0.25, 0.3) is 0 Å². The van der Waals surface area contributed by atoms with Crippen LogP contribution in [0.5, 0.6) is 0 Å². The first-order chi connectivity index (χ1) is 22.8. The Morgan fingerprint density at radius 1 is 0.574 bits per heavy atom. The van der Waals surface area contributed by atoms with Gasteiger partial charge in [0.15, 0.2) is 6.10 Å². The lowest BCUT2D eigenvalue weighted by Gasteiger charge is -2.18. The zero-order valence-electron chi connectivity index (χ0n) is 29.9. The maximum atomic E-state index is 12.3. The second-order valence-corrected chi connectivity index (χ2v) is 13.8. The van der Waals surface area contributed by atoms with Gasteiger partial charge in [0.2, 0.25) is 0 Å². The van der Waals surface area contributed by atoms with Gasteiger partial charge in [-0.15, -0.1) is 0 Å². The van der Waals surface area contributed by atoms with E-state index in [2.05, 4.69) is 54.8 Å². The van der Waals surface area contributed by atoms with Crippen molar-refractivity contribution in [2.75, 3.05) is 13.2 Å². The number of allylic oxidation sites excluding steroid dienone is 6.